The lowest BCUT2D eigenvalue weighted by atomic mass is 9.77. The predicted molar refractivity (Wildman–Crippen MR) is 125 cm³/mol. The summed E-state index contributed by atoms with van der Waals surface area (Å²) in [4.78, 5) is 24.8. The molecule has 0 unspecified atom stereocenters. The molecule has 4 nitrogen and oxygen atoms in total. The first-order valence-electron chi connectivity index (χ1n) is 13.1. The molecule has 3 aliphatic rings. The summed E-state index contributed by atoms with van der Waals surface area (Å²) in [5.41, 5.74) is 0. The van der Waals surface area contributed by atoms with Crippen LogP contribution < -0.4 is 4.74 Å². The van der Waals surface area contributed by atoms with Gasteiger partial charge in [-0.15, -0.1) is 0 Å². The van der Waals surface area contributed by atoms with Crippen molar-refractivity contribution in [3.05, 3.63) is 30.3 Å². The van der Waals surface area contributed by atoms with Gasteiger partial charge < -0.3 is 9.47 Å². The highest BCUT2D eigenvalue weighted by Crippen LogP contribution is 2.36. The maximum absolute atomic E-state index is 12.4. The van der Waals surface area contributed by atoms with E-state index in [4.69, 9.17) is 9.47 Å². The molecule has 4 heteroatoms. The summed E-state index contributed by atoms with van der Waals surface area (Å²) < 4.78 is 11.4. The van der Waals surface area contributed by atoms with E-state index < -0.39 is 0 Å². The van der Waals surface area contributed by atoms with Crippen molar-refractivity contribution >= 4 is 11.9 Å². The Hall–Kier alpha value is -1.84. The number of ether oxygens (including phenoxy) is 2. The van der Waals surface area contributed by atoms with E-state index in [1.54, 1.807) is 0 Å². The van der Waals surface area contributed by atoms with Crippen molar-refractivity contribution in [2.24, 2.45) is 23.7 Å². The van der Waals surface area contributed by atoms with Crippen LogP contribution in [0.3, 0.4) is 0 Å². The number of hydrogen-bond donors (Lipinski definition) is 0. The number of hydrogen-bond acceptors (Lipinski definition) is 4. The molecular weight excluding hydrogens is 400 g/mol. The lowest BCUT2D eigenvalue weighted by Crippen LogP contribution is -2.29. The molecule has 0 amide bonds. The zero-order chi connectivity index (χ0) is 22.2. The average Bonchev–Trinajstić information content (AvgIpc) is 2.85. The van der Waals surface area contributed by atoms with Crippen LogP contribution in [0.1, 0.15) is 96.3 Å². The van der Waals surface area contributed by atoms with Gasteiger partial charge in [0.05, 0.1) is 11.8 Å². The van der Waals surface area contributed by atoms with Gasteiger partial charge in [-0.3, -0.25) is 9.59 Å². The first-order valence-corrected chi connectivity index (χ1v) is 13.1. The third-order valence-corrected chi connectivity index (χ3v) is 8.14. The zero-order valence-corrected chi connectivity index (χ0v) is 19.5. The van der Waals surface area contributed by atoms with E-state index in [2.05, 4.69) is 0 Å². The van der Waals surface area contributed by atoms with Gasteiger partial charge >= 0.3 is 11.9 Å². The van der Waals surface area contributed by atoms with E-state index in [-0.39, 0.29) is 29.9 Å². The second-order valence-electron chi connectivity index (χ2n) is 10.4. The van der Waals surface area contributed by atoms with Crippen molar-refractivity contribution < 1.29 is 19.1 Å². The average molecular weight is 441 g/mol. The van der Waals surface area contributed by atoms with Crippen molar-refractivity contribution in [1.29, 1.82) is 0 Å². The highest BCUT2D eigenvalue weighted by molar-refractivity contribution is 5.75. The van der Waals surface area contributed by atoms with Gasteiger partial charge in [-0.2, -0.15) is 0 Å². The molecule has 3 fully saturated rings. The van der Waals surface area contributed by atoms with Crippen LogP contribution in [-0.2, 0) is 14.3 Å². The standard InChI is InChI=1S/C28H40O4/c29-27(23-7-3-1-4-8-23)32-26-19-15-22(16-20-26)12-11-21-13-17-24(18-14-21)28(30)31-25-9-5-2-6-10-25/h2,5-6,9-10,21-24,26H,1,3-4,7-8,11-20H2. The van der Waals surface area contributed by atoms with E-state index in [9.17, 15) is 9.59 Å². The molecule has 0 bridgehead atoms. The molecule has 0 spiro atoms. The fourth-order valence-corrected chi connectivity index (χ4v) is 5.98. The molecule has 0 N–H and O–H groups in total. The van der Waals surface area contributed by atoms with Gasteiger partial charge in [0, 0.05) is 0 Å². The molecule has 0 aromatic heterocycles. The lowest BCUT2D eigenvalue weighted by Gasteiger charge is -2.32. The van der Waals surface area contributed by atoms with Crippen LogP contribution in [0.25, 0.3) is 0 Å². The first kappa shape index (κ1) is 23.3. The number of carbonyl (C=O) groups excluding carboxylic acids is 2. The highest BCUT2D eigenvalue weighted by atomic mass is 16.5. The normalized spacial score (nSPS) is 29.2. The number of rotatable bonds is 7. The van der Waals surface area contributed by atoms with Crippen LogP contribution in [-0.4, -0.2) is 18.0 Å². The number of esters is 2. The van der Waals surface area contributed by atoms with Crippen molar-refractivity contribution in [2.45, 2.75) is 102 Å². The van der Waals surface area contributed by atoms with Crippen LogP contribution in [0.5, 0.6) is 5.75 Å². The van der Waals surface area contributed by atoms with Gasteiger partial charge in [-0.25, -0.2) is 0 Å². The Balaban J connectivity index is 1.09. The number of benzene rings is 1. The van der Waals surface area contributed by atoms with Crippen LogP contribution in [0.2, 0.25) is 0 Å². The summed E-state index contributed by atoms with van der Waals surface area (Å²) in [7, 11) is 0. The van der Waals surface area contributed by atoms with E-state index in [0.717, 1.165) is 63.2 Å². The molecule has 3 aliphatic carbocycles. The van der Waals surface area contributed by atoms with Crippen molar-refractivity contribution in [2.75, 3.05) is 0 Å². The van der Waals surface area contributed by atoms with E-state index in [0.29, 0.717) is 5.75 Å². The Morgan fingerprint density at radius 1 is 0.656 bits per heavy atom. The van der Waals surface area contributed by atoms with Gasteiger partial charge in [0.25, 0.3) is 0 Å². The molecule has 176 valence electrons. The summed E-state index contributed by atoms with van der Waals surface area (Å²) >= 11 is 0. The van der Waals surface area contributed by atoms with Gasteiger partial charge in [0.2, 0.25) is 0 Å². The molecule has 0 saturated heterocycles. The Labute approximate surface area is 193 Å². The molecule has 1 aromatic rings. The summed E-state index contributed by atoms with van der Waals surface area (Å²) in [6.45, 7) is 0. The first-order chi connectivity index (χ1) is 15.7. The monoisotopic (exact) mass is 440 g/mol. The van der Waals surface area contributed by atoms with Gasteiger partial charge in [-0.05, 0) is 88.2 Å². The second-order valence-corrected chi connectivity index (χ2v) is 10.4. The van der Waals surface area contributed by atoms with E-state index in [1.165, 1.54) is 44.9 Å². The highest BCUT2D eigenvalue weighted by Gasteiger charge is 2.30. The van der Waals surface area contributed by atoms with E-state index >= 15 is 0 Å². The van der Waals surface area contributed by atoms with Gasteiger partial charge in [0.15, 0.2) is 0 Å². The third kappa shape index (κ3) is 6.83. The summed E-state index contributed by atoms with van der Waals surface area (Å²) in [5.74, 6) is 2.42. The fraction of sp³-hybridized carbons (Fsp3) is 0.714. The molecule has 0 atom stereocenters. The Morgan fingerprint density at radius 2 is 1.22 bits per heavy atom. The SMILES string of the molecule is O=C(Oc1ccccc1)C1CCC(CCC2CCC(OC(=O)C3CCCCC3)CC2)CC1. The Kier molecular flexibility index (Phi) is 8.64. The zero-order valence-electron chi connectivity index (χ0n) is 19.5. The Morgan fingerprint density at radius 3 is 1.84 bits per heavy atom. The molecule has 3 saturated carbocycles. The molecule has 0 aliphatic heterocycles. The van der Waals surface area contributed by atoms with Crippen LogP contribution in [0.4, 0.5) is 0 Å². The topological polar surface area (TPSA) is 52.6 Å². The van der Waals surface area contributed by atoms with Gasteiger partial charge in [0.1, 0.15) is 11.9 Å². The quantitative estimate of drug-likeness (QED) is 0.343. The van der Waals surface area contributed by atoms with Crippen molar-refractivity contribution in [3.8, 4) is 5.75 Å². The summed E-state index contributed by atoms with van der Waals surface area (Å²) in [6, 6.07) is 9.41. The maximum Gasteiger partial charge on any atom is 0.314 e. The largest absolute Gasteiger partial charge is 0.462 e. The molecule has 0 heterocycles. The van der Waals surface area contributed by atoms with Gasteiger partial charge in [-0.1, -0.05) is 50.3 Å². The molecule has 0 radical (unpaired) electrons. The number of para-hydroxylation sites is 1. The molecule has 1 aromatic carbocycles. The van der Waals surface area contributed by atoms with E-state index in [1.807, 2.05) is 30.3 Å². The van der Waals surface area contributed by atoms with Crippen molar-refractivity contribution in [1.82, 2.24) is 0 Å². The smallest absolute Gasteiger partial charge is 0.314 e. The maximum atomic E-state index is 12.4. The minimum Gasteiger partial charge on any atom is -0.462 e. The minimum absolute atomic E-state index is 0.0562. The second kappa shape index (κ2) is 11.9. The van der Waals surface area contributed by atoms with Crippen LogP contribution in [0, 0.1) is 23.7 Å². The predicted octanol–water partition coefficient (Wildman–Crippen LogP) is 6.86. The molecular formula is C28H40O4. The molecule has 4 rings (SSSR count). The minimum atomic E-state index is -0.0595. The summed E-state index contributed by atoms with van der Waals surface area (Å²) in [5, 5.41) is 0. The van der Waals surface area contributed by atoms with Crippen molar-refractivity contribution in [3.63, 3.8) is 0 Å². The fourth-order valence-electron chi connectivity index (χ4n) is 5.98. The van der Waals surface area contributed by atoms with Crippen LogP contribution in [0.15, 0.2) is 30.3 Å². The number of carbonyl (C=O) groups is 2. The molecule has 32 heavy (non-hydrogen) atoms. The Bertz CT molecular complexity index is 708. The lowest BCUT2D eigenvalue weighted by molar-refractivity contribution is -0.157. The summed E-state index contributed by atoms with van der Waals surface area (Å²) in [6.07, 6.45) is 17.1. The third-order valence-electron chi connectivity index (χ3n) is 8.14. The van der Waals surface area contributed by atoms with Crippen LogP contribution >= 0.6 is 0 Å².